The first-order chi connectivity index (χ1) is 12.0. The van der Waals surface area contributed by atoms with Crippen molar-refractivity contribution in [2.24, 2.45) is 0 Å². The molecule has 1 fully saturated rings. The first-order valence-corrected chi connectivity index (χ1v) is 9.42. The topological polar surface area (TPSA) is 57.7 Å². The van der Waals surface area contributed by atoms with Gasteiger partial charge in [-0.05, 0) is 30.3 Å². The molecule has 25 heavy (non-hydrogen) atoms. The number of carbonyl (C=O) groups excluding carboxylic acids is 3. The van der Waals surface area contributed by atoms with Crippen molar-refractivity contribution < 1.29 is 14.4 Å². The number of imide groups is 1. The van der Waals surface area contributed by atoms with Crippen LogP contribution in [0.3, 0.4) is 0 Å². The van der Waals surface area contributed by atoms with E-state index in [1.165, 1.54) is 28.5 Å². The number of thioether (sulfide) groups is 1. The van der Waals surface area contributed by atoms with Gasteiger partial charge in [0.15, 0.2) is 0 Å². The molecule has 0 bridgehead atoms. The Labute approximate surface area is 157 Å². The van der Waals surface area contributed by atoms with Crippen LogP contribution in [0.4, 0.5) is 11.4 Å². The van der Waals surface area contributed by atoms with Crippen LogP contribution < -0.4 is 9.80 Å². The SMILES string of the molecule is CC(=O)N1C(=O)[C@]2(SCC(=O)N2c2ccc(Br)cc2)c2ccccc21. The fraction of sp³-hybridized carbons (Fsp3) is 0.167. The van der Waals surface area contributed by atoms with Crippen molar-refractivity contribution in [1.82, 2.24) is 0 Å². The molecule has 1 spiro atoms. The van der Waals surface area contributed by atoms with Crippen molar-refractivity contribution in [3.8, 4) is 0 Å². The largest absolute Gasteiger partial charge is 0.283 e. The molecule has 1 saturated heterocycles. The number of fused-ring (bicyclic) bond motifs is 2. The number of nitrogens with zero attached hydrogens (tertiary/aromatic N) is 2. The molecule has 0 aliphatic carbocycles. The summed E-state index contributed by atoms with van der Waals surface area (Å²) in [5.74, 6) is -0.715. The molecule has 2 aromatic rings. The number of halogens is 1. The van der Waals surface area contributed by atoms with Crippen LogP contribution in [-0.2, 0) is 19.3 Å². The van der Waals surface area contributed by atoms with Gasteiger partial charge in [0.1, 0.15) is 0 Å². The van der Waals surface area contributed by atoms with Crippen LogP contribution in [0.25, 0.3) is 0 Å². The maximum atomic E-state index is 13.3. The molecular weight excluding hydrogens is 404 g/mol. The number of rotatable bonds is 1. The highest BCUT2D eigenvalue weighted by atomic mass is 79.9. The Kier molecular flexibility index (Phi) is 3.73. The number of hydrogen-bond donors (Lipinski definition) is 0. The van der Waals surface area contributed by atoms with E-state index in [2.05, 4.69) is 15.9 Å². The van der Waals surface area contributed by atoms with Crippen LogP contribution in [0, 0.1) is 0 Å². The molecule has 1 atom stereocenters. The number of amides is 3. The summed E-state index contributed by atoms with van der Waals surface area (Å²) in [4.78, 5) is 39.6. The van der Waals surface area contributed by atoms with Gasteiger partial charge in [0.05, 0.1) is 11.4 Å². The molecule has 5 nitrogen and oxygen atoms in total. The van der Waals surface area contributed by atoms with Crippen molar-refractivity contribution in [1.29, 1.82) is 0 Å². The second kappa shape index (κ2) is 5.71. The molecule has 2 aliphatic heterocycles. The quantitative estimate of drug-likeness (QED) is 0.715. The van der Waals surface area contributed by atoms with Gasteiger partial charge in [-0.1, -0.05) is 34.1 Å². The van der Waals surface area contributed by atoms with E-state index in [9.17, 15) is 14.4 Å². The highest BCUT2D eigenvalue weighted by Crippen LogP contribution is 2.55. The fourth-order valence-corrected chi connectivity index (χ4v) is 4.99. The van der Waals surface area contributed by atoms with E-state index in [1.54, 1.807) is 24.3 Å². The summed E-state index contributed by atoms with van der Waals surface area (Å²) in [6.45, 7) is 1.36. The van der Waals surface area contributed by atoms with Gasteiger partial charge >= 0.3 is 0 Å². The minimum atomic E-state index is -1.23. The number of benzene rings is 2. The van der Waals surface area contributed by atoms with Crippen LogP contribution in [0.2, 0.25) is 0 Å². The minimum Gasteiger partial charge on any atom is -0.283 e. The van der Waals surface area contributed by atoms with Crippen molar-refractivity contribution in [2.45, 2.75) is 11.8 Å². The van der Waals surface area contributed by atoms with Crippen molar-refractivity contribution in [3.63, 3.8) is 0 Å². The molecule has 7 heteroatoms. The molecule has 0 saturated carbocycles. The van der Waals surface area contributed by atoms with Crippen LogP contribution in [-0.4, -0.2) is 23.5 Å². The van der Waals surface area contributed by atoms with E-state index >= 15 is 0 Å². The van der Waals surface area contributed by atoms with E-state index in [4.69, 9.17) is 0 Å². The lowest BCUT2D eigenvalue weighted by molar-refractivity contribution is -0.128. The van der Waals surface area contributed by atoms with Gasteiger partial charge < -0.3 is 0 Å². The number of para-hydroxylation sites is 1. The lowest BCUT2D eigenvalue weighted by Crippen LogP contribution is -2.50. The zero-order valence-corrected chi connectivity index (χ0v) is 15.6. The third-order valence-corrected chi connectivity index (χ3v) is 6.29. The van der Waals surface area contributed by atoms with E-state index in [0.29, 0.717) is 16.9 Å². The Morgan fingerprint density at radius 1 is 1.12 bits per heavy atom. The van der Waals surface area contributed by atoms with Gasteiger partial charge in [0, 0.05) is 22.6 Å². The third kappa shape index (κ3) is 2.19. The highest BCUT2D eigenvalue weighted by Gasteiger charge is 2.61. The first-order valence-electron chi connectivity index (χ1n) is 7.64. The van der Waals surface area contributed by atoms with Gasteiger partial charge in [-0.2, -0.15) is 0 Å². The molecule has 0 radical (unpaired) electrons. The minimum absolute atomic E-state index is 0.152. The van der Waals surface area contributed by atoms with Gasteiger partial charge in [-0.3, -0.25) is 19.3 Å². The molecule has 126 valence electrons. The predicted molar refractivity (Wildman–Crippen MR) is 100 cm³/mol. The Balaban J connectivity index is 1.95. The molecule has 3 amide bonds. The molecular formula is C18H13BrN2O3S. The molecule has 0 aromatic heterocycles. The lowest BCUT2D eigenvalue weighted by Gasteiger charge is -2.32. The van der Waals surface area contributed by atoms with Crippen LogP contribution in [0.1, 0.15) is 12.5 Å². The molecule has 2 aromatic carbocycles. The Bertz CT molecular complexity index is 915. The summed E-state index contributed by atoms with van der Waals surface area (Å²) in [5.41, 5.74) is 1.85. The van der Waals surface area contributed by atoms with Crippen molar-refractivity contribution in [2.75, 3.05) is 15.6 Å². The number of anilines is 2. The average molecular weight is 417 g/mol. The second-order valence-corrected chi connectivity index (χ2v) is 7.90. The molecule has 4 rings (SSSR count). The Hall–Kier alpha value is -2.12. The molecule has 2 aliphatic rings. The summed E-state index contributed by atoms with van der Waals surface area (Å²) in [7, 11) is 0. The lowest BCUT2D eigenvalue weighted by atomic mass is 10.0. The Morgan fingerprint density at radius 3 is 2.48 bits per heavy atom. The molecule has 0 unspecified atom stereocenters. The normalized spacial score (nSPS) is 22.0. The number of carbonyl (C=O) groups is 3. The summed E-state index contributed by atoms with van der Waals surface area (Å²) in [6.07, 6.45) is 0. The summed E-state index contributed by atoms with van der Waals surface area (Å²) in [6, 6.07) is 14.4. The van der Waals surface area contributed by atoms with Gasteiger partial charge in [0.25, 0.3) is 5.91 Å². The van der Waals surface area contributed by atoms with E-state index < -0.39 is 4.87 Å². The summed E-state index contributed by atoms with van der Waals surface area (Å²) >= 11 is 4.64. The number of hydrogen-bond acceptors (Lipinski definition) is 4. The maximum absolute atomic E-state index is 13.3. The van der Waals surface area contributed by atoms with Crippen molar-refractivity contribution >= 4 is 56.8 Å². The standard InChI is InChI=1S/C18H13BrN2O3S/c1-11(22)20-15-5-3-2-4-14(15)18(17(20)24)21(16(23)10-25-18)13-8-6-12(19)7-9-13/h2-9H,10H2,1H3/t18-/m1/s1. The fourth-order valence-electron chi connectivity index (χ4n) is 3.39. The second-order valence-electron chi connectivity index (χ2n) is 5.81. The zero-order valence-electron chi connectivity index (χ0n) is 13.2. The zero-order chi connectivity index (χ0) is 17.8. The van der Waals surface area contributed by atoms with Crippen LogP contribution in [0.5, 0.6) is 0 Å². The van der Waals surface area contributed by atoms with E-state index in [1.807, 2.05) is 24.3 Å². The molecule has 0 N–H and O–H groups in total. The average Bonchev–Trinajstić information content (AvgIpc) is 3.06. The van der Waals surface area contributed by atoms with Crippen LogP contribution >= 0.6 is 27.7 Å². The predicted octanol–water partition coefficient (Wildman–Crippen LogP) is 3.28. The van der Waals surface area contributed by atoms with Crippen LogP contribution in [0.15, 0.2) is 53.0 Å². The molecule has 2 heterocycles. The maximum Gasteiger partial charge on any atom is 0.275 e. The first kappa shape index (κ1) is 16.4. The third-order valence-electron chi connectivity index (χ3n) is 4.37. The van der Waals surface area contributed by atoms with E-state index in [-0.39, 0.29) is 23.5 Å². The van der Waals surface area contributed by atoms with Gasteiger partial charge in [-0.25, -0.2) is 4.90 Å². The monoisotopic (exact) mass is 416 g/mol. The van der Waals surface area contributed by atoms with Gasteiger partial charge in [-0.15, -0.1) is 11.8 Å². The smallest absolute Gasteiger partial charge is 0.275 e. The summed E-state index contributed by atoms with van der Waals surface area (Å²) < 4.78 is 0.883. The van der Waals surface area contributed by atoms with Crippen molar-refractivity contribution in [3.05, 3.63) is 58.6 Å². The van der Waals surface area contributed by atoms with E-state index in [0.717, 1.165) is 4.47 Å². The van der Waals surface area contributed by atoms with Gasteiger partial charge in [0.2, 0.25) is 16.7 Å². The highest BCUT2D eigenvalue weighted by molar-refractivity contribution is 9.10. The Morgan fingerprint density at radius 2 is 1.80 bits per heavy atom. The summed E-state index contributed by atoms with van der Waals surface area (Å²) in [5, 5.41) is 0.